The van der Waals surface area contributed by atoms with Crippen LogP contribution in [0.1, 0.15) is 5.56 Å². The minimum absolute atomic E-state index is 0.0855. The highest BCUT2D eigenvalue weighted by Gasteiger charge is 2.04. The fraction of sp³-hybridized carbons (Fsp3) is 0.100. The topological polar surface area (TPSA) is 87.0 Å². The van der Waals surface area contributed by atoms with Gasteiger partial charge < -0.3 is 10.3 Å². The number of hydrogen-bond acceptors (Lipinski definition) is 4. The second-order valence-electron chi connectivity index (χ2n) is 3.34. The molecule has 0 aliphatic carbocycles. The summed E-state index contributed by atoms with van der Waals surface area (Å²) in [7, 11) is 0. The molecule has 0 amide bonds. The second-order valence-corrected chi connectivity index (χ2v) is 3.34. The van der Waals surface area contributed by atoms with Gasteiger partial charge in [-0.3, -0.25) is 10.1 Å². The Bertz CT molecular complexity index is 504. The van der Waals surface area contributed by atoms with Gasteiger partial charge in [0.2, 0.25) is 0 Å². The maximum Gasteiger partial charge on any atom is 0.269 e. The Morgan fingerprint density at radius 1 is 1.38 bits per heavy atom. The quantitative estimate of drug-likeness (QED) is 0.623. The Hall–Kier alpha value is -2.37. The van der Waals surface area contributed by atoms with Crippen LogP contribution in [0.2, 0.25) is 0 Å². The number of nitrogens with zero attached hydrogens (tertiary/aromatic N) is 3. The average molecular weight is 218 g/mol. The molecule has 6 nitrogen and oxygen atoms in total. The van der Waals surface area contributed by atoms with Crippen molar-refractivity contribution >= 4 is 11.6 Å². The van der Waals surface area contributed by atoms with Gasteiger partial charge in [0.25, 0.3) is 5.69 Å². The summed E-state index contributed by atoms with van der Waals surface area (Å²) < 4.78 is 1.77. The Morgan fingerprint density at radius 3 is 2.56 bits per heavy atom. The number of nitrogen functional groups attached to an aromatic ring is 1. The van der Waals surface area contributed by atoms with E-state index in [-0.39, 0.29) is 5.69 Å². The maximum atomic E-state index is 10.5. The fourth-order valence-corrected chi connectivity index (χ4v) is 1.39. The van der Waals surface area contributed by atoms with Crippen LogP contribution in [-0.2, 0) is 6.54 Å². The van der Waals surface area contributed by atoms with Crippen LogP contribution in [0, 0.1) is 10.1 Å². The summed E-state index contributed by atoms with van der Waals surface area (Å²) in [6.07, 6.45) is 3.37. The number of benzene rings is 1. The van der Waals surface area contributed by atoms with Gasteiger partial charge in [0.1, 0.15) is 0 Å². The zero-order valence-corrected chi connectivity index (χ0v) is 8.41. The first-order valence-corrected chi connectivity index (χ1v) is 4.67. The molecule has 0 bridgehead atoms. The molecule has 0 spiro atoms. The Morgan fingerprint density at radius 2 is 2.06 bits per heavy atom. The van der Waals surface area contributed by atoms with E-state index < -0.39 is 4.92 Å². The molecule has 0 saturated heterocycles. The van der Waals surface area contributed by atoms with E-state index in [0.717, 1.165) is 5.56 Å². The number of anilines is 1. The molecule has 0 radical (unpaired) electrons. The molecule has 1 aromatic carbocycles. The van der Waals surface area contributed by atoms with Crippen molar-refractivity contribution in [2.45, 2.75) is 6.54 Å². The largest absolute Gasteiger partial charge is 0.369 e. The van der Waals surface area contributed by atoms with Gasteiger partial charge in [0, 0.05) is 24.5 Å². The Labute approximate surface area is 91.5 Å². The second kappa shape index (κ2) is 4.01. The van der Waals surface area contributed by atoms with E-state index in [9.17, 15) is 10.1 Å². The lowest BCUT2D eigenvalue weighted by atomic mass is 10.2. The Balaban J connectivity index is 2.17. The zero-order chi connectivity index (χ0) is 11.5. The highest BCUT2D eigenvalue weighted by Crippen LogP contribution is 2.13. The summed E-state index contributed by atoms with van der Waals surface area (Å²) in [5, 5.41) is 10.5. The van der Waals surface area contributed by atoms with Gasteiger partial charge in [-0.25, -0.2) is 4.98 Å². The molecule has 2 rings (SSSR count). The molecule has 1 heterocycles. The van der Waals surface area contributed by atoms with Gasteiger partial charge in [-0.15, -0.1) is 0 Å². The molecule has 0 aliphatic rings. The summed E-state index contributed by atoms with van der Waals surface area (Å²) in [5.74, 6) is 0.429. The van der Waals surface area contributed by atoms with Crippen LogP contribution >= 0.6 is 0 Å². The van der Waals surface area contributed by atoms with Crippen molar-refractivity contribution in [1.29, 1.82) is 0 Å². The summed E-state index contributed by atoms with van der Waals surface area (Å²) in [5.41, 5.74) is 6.64. The molecule has 0 aliphatic heterocycles. The molecule has 0 unspecified atom stereocenters. The van der Waals surface area contributed by atoms with Crippen molar-refractivity contribution in [2.24, 2.45) is 0 Å². The summed E-state index contributed by atoms with van der Waals surface area (Å²) in [4.78, 5) is 13.9. The third-order valence-electron chi connectivity index (χ3n) is 2.25. The SMILES string of the molecule is Nc1nccn1Cc1ccc([N+](=O)[O-])cc1. The van der Waals surface area contributed by atoms with Crippen molar-refractivity contribution in [3.8, 4) is 0 Å². The van der Waals surface area contributed by atoms with Crippen LogP contribution in [-0.4, -0.2) is 14.5 Å². The first kappa shape index (κ1) is 10.2. The van der Waals surface area contributed by atoms with Gasteiger partial charge in [-0.2, -0.15) is 0 Å². The van der Waals surface area contributed by atoms with Crippen molar-refractivity contribution in [3.05, 3.63) is 52.3 Å². The number of aromatic nitrogens is 2. The van der Waals surface area contributed by atoms with Crippen molar-refractivity contribution in [1.82, 2.24) is 9.55 Å². The third kappa shape index (κ3) is 2.00. The summed E-state index contributed by atoms with van der Waals surface area (Å²) in [6.45, 7) is 0.559. The zero-order valence-electron chi connectivity index (χ0n) is 8.41. The first-order chi connectivity index (χ1) is 7.66. The van der Waals surface area contributed by atoms with Crippen molar-refractivity contribution in [3.63, 3.8) is 0 Å². The van der Waals surface area contributed by atoms with Crippen LogP contribution in [0.5, 0.6) is 0 Å². The molecule has 82 valence electrons. The van der Waals surface area contributed by atoms with E-state index in [1.165, 1.54) is 12.1 Å². The third-order valence-corrected chi connectivity index (χ3v) is 2.25. The van der Waals surface area contributed by atoms with Crippen molar-refractivity contribution < 1.29 is 4.92 Å². The van der Waals surface area contributed by atoms with Crippen LogP contribution in [0.4, 0.5) is 11.6 Å². The smallest absolute Gasteiger partial charge is 0.269 e. The van der Waals surface area contributed by atoms with Crippen molar-refractivity contribution in [2.75, 3.05) is 5.73 Å². The van der Waals surface area contributed by atoms with Crippen LogP contribution in [0.15, 0.2) is 36.7 Å². The van der Waals surface area contributed by atoms with E-state index in [1.54, 1.807) is 29.1 Å². The first-order valence-electron chi connectivity index (χ1n) is 4.67. The molecule has 0 fully saturated rings. The number of rotatable bonds is 3. The number of hydrogen-bond donors (Lipinski definition) is 1. The number of imidazole rings is 1. The Kier molecular flexibility index (Phi) is 2.55. The van der Waals surface area contributed by atoms with Gasteiger partial charge in [0.05, 0.1) is 11.5 Å². The molecule has 16 heavy (non-hydrogen) atoms. The molecular weight excluding hydrogens is 208 g/mol. The van der Waals surface area contributed by atoms with E-state index in [4.69, 9.17) is 5.73 Å². The number of non-ortho nitro benzene ring substituents is 1. The van der Waals surface area contributed by atoms with Gasteiger partial charge in [-0.05, 0) is 5.56 Å². The predicted octanol–water partition coefficient (Wildman–Crippen LogP) is 1.42. The van der Waals surface area contributed by atoms with E-state index >= 15 is 0 Å². The minimum Gasteiger partial charge on any atom is -0.369 e. The molecule has 2 N–H and O–H groups in total. The number of nitro benzene ring substituents is 1. The molecule has 1 aromatic heterocycles. The highest BCUT2D eigenvalue weighted by atomic mass is 16.6. The normalized spacial score (nSPS) is 10.2. The average Bonchev–Trinajstić information content (AvgIpc) is 2.65. The molecule has 0 saturated carbocycles. The highest BCUT2D eigenvalue weighted by molar-refractivity contribution is 5.33. The molecule has 2 aromatic rings. The lowest BCUT2D eigenvalue weighted by Gasteiger charge is -2.04. The minimum atomic E-state index is -0.421. The van der Waals surface area contributed by atoms with Crippen LogP contribution < -0.4 is 5.73 Å². The van der Waals surface area contributed by atoms with Gasteiger partial charge in [-0.1, -0.05) is 12.1 Å². The summed E-state index contributed by atoms with van der Waals surface area (Å²) >= 11 is 0. The van der Waals surface area contributed by atoms with E-state index in [1.807, 2.05) is 0 Å². The molecular formula is C10H10N4O2. The van der Waals surface area contributed by atoms with Crippen LogP contribution in [0.25, 0.3) is 0 Å². The van der Waals surface area contributed by atoms with E-state index in [2.05, 4.69) is 4.98 Å². The lowest BCUT2D eigenvalue weighted by Crippen LogP contribution is -2.03. The monoisotopic (exact) mass is 218 g/mol. The predicted molar refractivity (Wildman–Crippen MR) is 58.8 cm³/mol. The molecule has 6 heteroatoms. The van der Waals surface area contributed by atoms with E-state index in [0.29, 0.717) is 12.5 Å². The van der Waals surface area contributed by atoms with Gasteiger partial charge >= 0.3 is 0 Å². The molecule has 0 atom stereocenters. The number of nitrogens with two attached hydrogens (primary N) is 1. The number of nitro groups is 1. The lowest BCUT2D eigenvalue weighted by molar-refractivity contribution is -0.384. The summed E-state index contributed by atoms with van der Waals surface area (Å²) in [6, 6.07) is 6.36. The van der Waals surface area contributed by atoms with Gasteiger partial charge in [0.15, 0.2) is 5.95 Å². The fourth-order valence-electron chi connectivity index (χ4n) is 1.39. The maximum absolute atomic E-state index is 10.5. The van der Waals surface area contributed by atoms with Crippen LogP contribution in [0.3, 0.4) is 0 Å². The standard InChI is InChI=1S/C10H10N4O2/c11-10-12-5-6-13(10)7-8-1-3-9(4-2-8)14(15)16/h1-6H,7H2,(H2,11,12).